The third kappa shape index (κ3) is 6.36. The summed E-state index contributed by atoms with van der Waals surface area (Å²) in [6.07, 6.45) is 0.825. The Bertz CT molecular complexity index is 713. The summed E-state index contributed by atoms with van der Waals surface area (Å²) in [6.45, 7) is 3.24. The van der Waals surface area contributed by atoms with Gasteiger partial charge >= 0.3 is 6.03 Å². The molecule has 25 heavy (non-hydrogen) atoms. The standard InChI is InChI=1S/C18H22BrN3O3/c1-3-10-20-18(24)21-17(23)12-22(2)11-15-8-9-16(25-15)13-4-6-14(19)7-5-13/h4-9H,3,10-12H2,1-2H3,(H2,20,21,23,24)/p+1. The van der Waals surface area contributed by atoms with Gasteiger partial charge in [0.05, 0.1) is 7.05 Å². The Hall–Kier alpha value is -2.12. The predicted molar refractivity (Wildman–Crippen MR) is 99.1 cm³/mol. The number of quaternary nitrogens is 1. The van der Waals surface area contributed by atoms with Crippen LogP contribution in [-0.4, -0.2) is 32.1 Å². The van der Waals surface area contributed by atoms with Crippen molar-refractivity contribution < 1.29 is 18.9 Å². The van der Waals surface area contributed by atoms with E-state index in [1.54, 1.807) is 0 Å². The van der Waals surface area contributed by atoms with Crippen LogP contribution in [0.4, 0.5) is 4.79 Å². The van der Waals surface area contributed by atoms with Gasteiger partial charge in [-0.3, -0.25) is 10.1 Å². The number of carbonyl (C=O) groups is 2. The number of benzene rings is 1. The highest BCUT2D eigenvalue weighted by atomic mass is 79.9. The second-order valence-electron chi connectivity index (χ2n) is 5.89. The monoisotopic (exact) mass is 408 g/mol. The summed E-state index contributed by atoms with van der Waals surface area (Å²) in [4.78, 5) is 24.2. The Labute approximate surface area is 155 Å². The van der Waals surface area contributed by atoms with Gasteiger partial charge in [-0.05, 0) is 30.7 Å². The van der Waals surface area contributed by atoms with Crippen LogP contribution in [0.2, 0.25) is 0 Å². The van der Waals surface area contributed by atoms with Crippen molar-refractivity contribution in [2.75, 3.05) is 20.1 Å². The number of hydrogen-bond acceptors (Lipinski definition) is 3. The number of likely N-dealkylation sites (N-methyl/N-ethyl adjacent to an activating group) is 1. The summed E-state index contributed by atoms with van der Waals surface area (Å²) < 4.78 is 6.86. The zero-order valence-electron chi connectivity index (χ0n) is 14.4. The quantitative estimate of drug-likeness (QED) is 0.655. The van der Waals surface area contributed by atoms with Gasteiger partial charge in [-0.1, -0.05) is 35.0 Å². The Morgan fingerprint density at radius 3 is 2.56 bits per heavy atom. The first-order chi connectivity index (χ1) is 12.0. The van der Waals surface area contributed by atoms with Crippen molar-refractivity contribution in [1.29, 1.82) is 0 Å². The summed E-state index contributed by atoms with van der Waals surface area (Å²) in [5, 5.41) is 4.93. The fraction of sp³-hybridized carbons (Fsp3) is 0.333. The topological polar surface area (TPSA) is 75.8 Å². The van der Waals surface area contributed by atoms with Gasteiger partial charge in [0, 0.05) is 16.6 Å². The number of halogens is 1. The van der Waals surface area contributed by atoms with Crippen molar-refractivity contribution in [3.8, 4) is 11.3 Å². The number of rotatable bonds is 7. The van der Waals surface area contributed by atoms with E-state index in [1.807, 2.05) is 50.4 Å². The molecule has 6 nitrogen and oxygen atoms in total. The molecule has 0 bridgehead atoms. The van der Waals surface area contributed by atoms with Crippen molar-refractivity contribution in [2.24, 2.45) is 0 Å². The van der Waals surface area contributed by atoms with Gasteiger partial charge in [-0.15, -0.1) is 0 Å². The molecular formula is C18H23BrN3O3+. The minimum atomic E-state index is -0.449. The molecule has 7 heteroatoms. The van der Waals surface area contributed by atoms with E-state index in [2.05, 4.69) is 26.6 Å². The molecule has 134 valence electrons. The molecule has 1 atom stereocenters. The lowest BCUT2D eigenvalue weighted by Gasteiger charge is -2.12. The third-order valence-corrected chi connectivity index (χ3v) is 4.05. The van der Waals surface area contributed by atoms with E-state index in [-0.39, 0.29) is 12.5 Å². The molecule has 0 aliphatic rings. The average Bonchev–Trinajstić information content (AvgIpc) is 3.01. The SMILES string of the molecule is CCCNC(=O)NC(=O)C[NH+](C)Cc1ccc(-c2ccc(Br)cc2)o1. The second-order valence-corrected chi connectivity index (χ2v) is 6.80. The molecule has 0 aliphatic heterocycles. The lowest BCUT2D eigenvalue weighted by atomic mass is 10.2. The Balaban J connectivity index is 1.84. The molecule has 0 radical (unpaired) electrons. The van der Waals surface area contributed by atoms with Crippen LogP contribution in [0.15, 0.2) is 45.3 Å². The van der Waals surface area contributed by atoms with E-state index in [9.17, 15) is 9.59 Å². The number of carbonyl (C=O) groups excluding carboxylic acids is 2. The highest BCUT2D eigenvalue weighted by Gasteiger charge is 2.15. The molecule has 0 saturated heterocycles. The molecular weight excluding hydrogens is 386 g/mol. The number of urea groups is 1. The number of hydrogen-bond donors (Lipinski definition) is 3. The van der Waals surface area contributed by atoms with E-state index in [1.165, 1.54) is 0 Å². The molecule has 0 saturated carbocycles. The largest absolute Gasteiger partial charge is 0.455 e. The summed E-state index contributed by atoms with van der Waals surface area (Å²) in [5.41, 5.74) is 0.998. The normalized spacial score (nSPS) is 11.8. The van der Waals surface area contributed by atoms with E-state index < -0.39 is 6.03 Å². The van der Waals surface area contributed by atoms with E-state index >= 15 is 0 Å². The van der Waals surface area contributed by atoms with Gasteiger partial charge in [0.1, 0.15) is 12.3 Å². The second kappa shape index (κ2) is 9.39. The number of amides is 3. The van der Waals surface area contributed by atoms with E-state index in [0.717, 1.165) is 32.9 Å². The van der Waals surface area contributed by atoms with E-state index in [4.69, 9.17) is 4.42 Å². The van der Waals surface area contributed by atoms with Crippen LogP contribution in [0, 0.1) is 0 Å². The molecule has 1 heterocycles. The highest BCUT2D eigenvalue weighted by molar-refractivity contribution is 9.10. The highest BCUT2D eigenvalue weighted by Crippen LogP contribution is 2.23. The lowest BCUT2D eigenvalue weighted by molar-refractivity contribution is -0.886. The van der Waals surface area contributed by atoms with Crippen LogP contribution < -0.4 is 15.5 Å². The zero-order valence-corrected chi connectivity index (χ0v) is 16.0. The molecule has 3 N–H and O–H groups in total. The molecule has 2 aromatic rings. The van der Waals surface area contributed by atoms with Crippen LogP contribution in [-0.2, 0) is 11.3 Å². The number of nitrogens with one attached hydrogen (secondary N) is 3. The van der Waals surface area contributed by atoms with Crippen molar-refractivity contribution in [1.82, 2.24) is 10.6 Å². The molecule has 0 aliphatic carbocycles. The third-order valence-electron chi connectivity index (χ3n) is 3.52. The first-order valence-electron chi connectivity index (χ1n) is 8.21. The first kappa shape index (κ1) is 19.2. The molecule has 0 spiro atoms. The Kier molecular flexibility index (Phi) is 7.21. The van der Waals surface area contributed by atoms with Crippen LogP contribution in [0.5, 0.6) is 0 Å². The molecule has 1 aromatic carbocycles. The lowest BCUT2D eigenvalue weighted by Crippen LogP contribution is -3.09. The van der Waals surface area contributed by atoms with Crippen LogP contribution in [0.25, 0.3) is 11.3 Å². The minimum absolute atomic E-state index is 0.188. The molecule has 3 amide bonds. The maximum absolute atomic E-state index is 11.8. The first-order valence-corrected chi connectivity index (χ1v) is 9.01. The maximum atomic E-state index is 11.8. The Morgan fingerprint density at radius 2 is 1.88 bits per heavy atom. The van der Waals surface area contributed by atoms with Gasteiger partial charge in [0.25, 0.3) is 5.91 Å². The summed E-state index contributed by atoms with van der Waals surface area (Å²) in [7, 11) is 1.88. The fourth-order valence-corrected chi connectivity index (χ4v) is 2.59. The van der Waals surface area contributed by atoms with Crippen molar-refractivity contribution >= 4 is 27.9 Å². The van der Waals surface area contributed by atoms with Crippen LogP contribution >= 0.6 is 15.9 Å². The molecule has 1 unspecified atom stereocenters. The average molecular weight is 409 g/mol. The van der Waals surface area contributed by atoms with Gasteiger partial charge in [0.2, 0.25) is 0 Å². The maximum Gasteiger partial charge on any atom is 0.321 e. The summed E-state index contributed by atoms with van der Waals surface area (Å²) in [6, 6.07) is 11.3. The Morgan fingerprint density at radius 1 is 1.16 bits per heavy atom. The van der Waals surface area contributed by atoms with Crippen molar-refractivity contribution in [2.45, 2.75) is 19.9 Å². The van der Waals surface area contributed by atoms with Crippen molar-refractivity contribution in [3.05, 3.63) is 46.6 Å². The van der Waals surface area contributed by atoms with Crippen molar-refractivity contribution in [3.63, 3.8) is 0 Å². The minimum Gasteiger partial charge on any atom is -0.455 e. The molecule has 0 fully saturated rings. The van der Waals surface area contributed by atoms with Crippen LogP contribution in [0.1, 0.15) is 19.1 Å². The van der Waals surface area contributed by atoms with Gasteiger partial charge in [-0.25, -0.2) is 4.79 Å². The smallest absolute Gasteiger partial charge is 0.321 e. The van der Waals surface area contributed by atoms with E-state index in [0.29, 0.717) is 13.1 Å². The molecule has 2 rings (SSSR count). The molecule has 1 aromatic heterocycles. The predicted octanol–water partition coefficient (Wildman–Crippen LogP) is 1.96. The van der Waals surface area contributed by atoms with Crippen LogP contribution in [0.3, 0.4) is 0 Å². The number of imide groups is 1. The van der Waals surface area contributed by atoms with Gasteiger partial charge < -0.3 is 14.6 Å². The number of furan rings is 1. The zero-order chi connectivity index (χ0) is 18.2. The summed E-state index contributed by atoms with van der Waals surface area (Å²) in [5.74, 6) is 1.27. The van der Waals surface area contributed by atoms with Gasteiger partial charge in [-0.2, -0.15) is 0 Å². The van der Waals surface area contributed by atoms with Gasteiger partial charge in [0.15, 0.2) is 12.3 Å². The fourth-order valence-electron chi connectivity index (χ4n) is 2.33. The summed E-state index contributed by atoms with van der Waals surface area (Å²) >= 11 is 3.41.